The van der Waals surface area contributed by atoms with E-state index in [0.29, 0.717) is 28.7 Å². The monoisotopic (exact) mass is 410 g/mol. The Morgan fingerprint density at radius 3 is 2.52 bits per heavy atom. The smallest absolute Gasteiger partial charge is 0.292 e. The number of fused-ring (bicyclic) bond motifs is 2. The third-order valence-corrected chi connectivity index (χ3v) is 5.22. The Morgan fingerprint density at radius 2 is 1.68 bits per heavy atom. The van der Waals surface area contributed by atoms with Crippen LogP contribution in [0.2, 0.25) is 0 Å². The lowest BCUT2D eigenvalue weighted by Crippen LogP contribution is -2.27. The largest absolute Gasteiger partial charge is 0.485 e. The number of H-pyrrole nitrogens is 1. The summed E-state index contributed by atoms with van der Waals surface area (Å²) in [5.41, 5.74) is 4.93. The quantitative estimate of drug-likeness (QED) is 0.505. The Labute approximate surface area is 177 Å². The van der Waals surface area contributed by atoms with E-state index in [1.807, 2.05) is 54.6 Å². The van der Waals surface area contributed by atoms with Crippen molar-refractivity contribution in [3.05, 3.63) is 106 Å². The molecule has 0 unspecified atom stereocenters. The zero-order chi connectivity index (χ0) is 21.2. The average Bonchev–Trinajstić information content (AvgIpc) is 2.83. The maximum atomic E-state index is 12.8. The molecule has 0 saturated carbocycles. The predicted octanol–water partition coefficient (Wildman–Crippen LogP) is 3.58. The van der Waals surface area contributed by atoms with Gasteiger partial charge < -0.3 is 4.74 Å². The second kappa shape index (κ2) is 7.87. The highest BCUT2D eigenvalue weighted by Crippen LogP contribution is 2.34. The fourth-order valence-corrected chi connectivity index (χ4v) is 3.71. The lowest BCUT2D eigenvalue weighted by Gasteiger charge is -2.27. The van der Waals surface area contributed by atoms with Crippen LogP contribution in [0.3, 0.4) is 0 Å². The van der Waals surface area contributed by atoms with Crippen molar-refractivity contribution in [1.82, 2.24) is 15.6 Å². The minimum atomic E-state index is -0.500. The summed E-state index contributed by atoms with van der Waals surface area (Å²) >= 11 is 0. The summed E-state index contributed by atoms with van der Waals surface area (Å²) < 4.78 is 6.16. The van der Waals surface area contributed by atoms with Crippen molar-refractivity contribution in [3.63, 3.8) is 0 Å². The van der Waals surface area contributed by atoms with Gasteiger partial charge >= 0.3 is 0 Å². The van der Waals surface area contributed by atoms with Gasteiger partial charge in [0, 0.05) is 17.4 Å². The Hall–Kier alpha value is -4.26. The van der Waals surface area contributed by atoms with Crippen molar-refractivity contribution in [3.8, 4) is 5.75 Å². The van der Waals surface area contributed by atoms with Crippen molar-refractivity contribution in [2.45, 2.75) is 12.5 Å². The topological polar surface area (TPSA) is 96.4 Å². The minimum absolute atomic E-state index is 0.111. The van der Waals surface area contributed by atoms with Gasteiger partial charge in [0.1, 0.15) is 11.9 Å². The van der Waals surface area contributed by atoms with Gasteiger partial charge in [-0.05, 0) is 23.8 Å². The van der Waals surface area contributed by atoms with Gasteiger partial charge in [0.15, 0.2) is 5.69 Å². The second-order valence-corrected chi connectivity index (χ2v) is 7.16. The number of nitrogens with zero attached hydrogens (tertiary/aromatic N) is 2. The summed E-state index contributed by atoms with van der Waals surface area (Å²) in [6.07, 6.45) is 0.292. The molecule has 1 atom stereocenters. The molecule has 0 fully saturated rings. The molecule has 0 bridgehead atoms. The molecule has 0 radical (unpaired) electrons. The molecule has 1 aromatic heterocycles. The van der Waals surface area contributed by atoms with E-state index in [9.17, 15) is 9.59 Å². The summed E-state index contributed by atoms with van der Waals surface area (Å²) in [6.45, 7) is 0. The molecule has 7 nitrogen and oxygen atoms in total. The van der Waals surface area contributed by atoms with Crippen LogP contribution in [0.1, 0.15) is 34.1 Å². The molecule has 3 aromatic carbocycles. The lowest BCUT2D eigenvalue weighted by atomic mass is 9.96. The number of carbonyl (C=O) groups is 1. The van der Waals surface area contributed by atoms with E-state index in [0.717, 1.165) is 11.1 Å². The second-order valence-electron chi connectivity index (χ2n) is 7.16. The number of aromatic nitrogens is 2. The van der Waals surface area contributed by atoms with Crippen LogP contribution < -0.4 is 15.7 Å². The first kappa shape index (κ1) is 18.7. The van der Waals surface area contributed by atoms with Crippen LogP contribution in [0.25, 0.3) is 10.8 Å². The average molecular weight is 410 g/mol. The number of aromatic amines is 1. The number of para-hydroxylation sites is 1. The van der Waals surface area contributed by atoms with Gasteiger partial charge in [-0.2, -0.15) is 10.2 Å². The van der Waals surface area contributed by atoms with E-state index < -0.39 is 5.91 Å². The van der Waals surface area contributed by atoms with Gasteiger partial charge in [-0.25, -0.2) is 10.5 Å². The molecule has 31 heavy (non-hydrogen) atoms. The molecule has 0 saturated heterocycles. The third-order valence-electron chi connectivity index (χ3n) is 5.22. The molecule has 1 aliphatic rings. The first-order valence-corrected chi connectivity index (χ1v) is 9.86. The number of ether oxygens (including phenoxy) is 1. The van der Waals surface area contributed by atoms with Gasteiger partial charge in [0.2, 0.25) is 0 Å². The fraction of sp³-hybridized carbons (Fsp3) is 0.0833. The molecule has 7 heteroatoms. The molecule has 1 aliphatic heterocycles. The SMILES string of the molecule is O=C(N/N=C1/C[C@@H](c2ccccc2)Oc2ccccc21)c1n[nH]c(=O)c2ccccc12. The van der Waals surface area contributed by atoms with Gasteiger partial charge in [0.05, 0.1) is 11.1 Å². The number of hydrogen-bond acceptors (Lipinski definition) is 5. The van der Waals surface area contributed by atoms with Crippen molar-refractivity contribution in [2.75, 3.05) is 0 Å². The molecule has 2 N–H and O–H groups in total. The first-order valence-electron chi connectivity index (χ1n) is 9.86. The third kappa shape index (κ3) is 3.57. The lowest BCUT2D eigenvalue weighted by molar-refractivity contribution is 0.0950. The molecular formula is C24H18N4O3. The predicted molar refractivity (Wildman–Crippen MR) is 117 cm³/mol. The summed E-state index contributed by atoms with van der Waals surface area (Å²) in [4.78, 5) is 24.8. The van der Waals surface area contributed by atoms with E-state index in [2.05, 4.69) is 20.7 Å². The molecule has 1 amide bonds. The number of hydrogen-bond donors (Lipinski definition) is 2. The van der Waals surface area contributed by atoms with Gasteiger partial charge in [-0.3, -0.25) is 9.59 Å². The van der Waals surface area contributed by atoms with E-state index in [4.69, 9.17) is 4.74 Å². The molecular weight excluding hydrogens is 392 g/mol. The van der Waals surface area contributed by atoms with Crippen LogP contribution in [0.4, 0.5) is 0 Å². The van der Waals surface area contributed by atoms with E-state index in [1.165, 1.54) is 0 Å². The van der Waals surface area contributed by atoms with Crippen molar-refractivity contribution in [2.24, 2.45) is 5.10 Å². The Morgan fingerprint density at radius 1 is 0.968 bits per heavy atom. The summed E-state index contributed by atoms with van der Waals surface area (Å²) in [5, 5.41) is 11.6. The first-order chi connectivity index (χ1) is 15.2. The zero-order valence-electron chi connectivity index (χ0n) is 16.4. The number of amides is 1. The minimum Gasteiger partial charge on any atom is -0.485 e. The number of benzene rings is 3. The van der Waals surface area contributed by atoms with Crippen LogP contribution in [-0.4, -0.2) is 21.8 Å². The number of nitrogens with one attached hydrogen (secondary N) is 2. The Kier molecular flexibility index (Phi) is 4.76. The summed E-state index contributed by atoms with van der Waals surface area (Å²) in [6, 6.07) is 24.3. The van der Waals surface area contributed by atoms with Gasteiger partial charge in [-0.1, -0.05) is 60.7 Å². The number of rotatable bonds is 3. The highest BCUT2D eigenvalue weighted by Gasteiger charge is 2.26. The Balaban J connectivity index is 1.48. The molecule has 152 valence electrons. The highest BCUT2D eigenvalue weighted by atomic mass is 16.5. The van der Waals surface area contributed by atoms with E-state index >= 15 is 0 Å². The standard InChI is InChI=1S/C24H18N4O3/c29-23-17-11-5-4-10-16(17)22(26-27-23)24(30)28-25-19-14-21(15-8-2-1-3-9-15)31-20-13-7-6-12-18(19)20/h1-13,21H,14H2,(H,27,29)(H,28,30)/b25-19-/t21-/m0/s1. The van der Waals surface area contributed by atoms with Crippen LogP contribution in [0, 0.1) is 0 Å². The van der Waals surface area contributed by atoms with Gasteiger partial charge in [0.25, 0.3) is 11.5 Å². The molecule has 2 heterocycles. The van der Waals surface area contributed by atoms with Crippen LogP contribution >= 0.6 is 0 Å². The molecule has 5 rings (SSSR count). The summed E-state index contributed by atoms with van der Waals surface area (Å²) in [5.74, 6) is 0.211. The maximum Gasteiger partial charge on any atom is 0.292 e. The van der Waals surface area contributed by atoms with E-state index in [1.54, 1.807) is 24.3 Å². The van der Waals surface area contributed by atoms with Crippen molar-refractivity contribution >= 4 is 22.4 Å². The van der Waals surface area contributed by atoms with Crippen molar-refractivity contribution < 1.29 is 9.53 Å². The summed E-state index contributed by atoms with van der Waals surface area (Å²) in [7, 11) is 0. The number of hydrazone groups is 1. The fourth-order valence-electron chi connectivity index (χ4n) is 3.71. The Bertz CT molecular complexity index is 1360. The maximum absolute atomic E-state index is 12.8. The highest BCUT2D eigenvalue weighted by molar-refractivity contribution is 6.07. The zero-order valence-corrected chi connectivity index (χ0v) is 16.4. The number of carbonyl (C=O) groups excluding carboxylic acids is 1. The normalized spacial score (nSPS) is 16.5. The van der Waals surface area contributed by atoms with Crippen molar-refractivity contribution in [1.29, 1.82) is 0 Å². The van der Waals surface area contributed by atoms with Gasteiger partial charge in [-0.15, -0.1) is 0 Å². The van der Waals surface area contributed by atoms with Crippen LogP contribution in [-0.2, 0) is 0 Å². The van der Waals surface area contributed by atoms with Crippen LogP contribution in [0.5, 0.6) is 5.75 Å². The molecule has 4 aromatic rings. The van der Waals surface area contributed by atoms with Crippen LogP contribution in [0.15, 0.2) is 88.8 Å². The van der Waals surface area contributed by atoms with E-state index in [-0.39, 0.29) is 17.4 Å². The molecule has 0 spiro atoms. The molecule has 0 aliphatic carbocycles.